The third-order valence-corrected chi connectivity index (χ3v) is 3.05. The van der Waals surface area contributed by atoms with Crippen LogP contribution in [0.5, 0.6) is 5.75 Å². The molecule has 1 nitrogen and oxygen atoms in total. The topological polar surface area (TPSA) is 9.23 Å². The average molecular weight is 288 g/mol. The van der Waals surface area contributed by atoms with Gasteiger partial charge >= 0.3 is 0 Å². The number of halogens is 2. The Morgan fingerprint density at radius 2 is 2.07 bits per heavy atom. The second-order valence-corrected chi connectivity index (χ2v) is 5.03. The first kappa shape index (κ1) is 12.4. The lowest BCUT2D eigenvalue weighted by Crippen LogP contribution is -2.15. The highest BCUT2D eigenvalue weighted by Crippen LogP contribution is 2.39. The zero-order chi connectivity index (χ0) is 11.6. The summed E-state index contributed by atoms with van der Waals surface area (Å²) in [5.74, 6) is 3.47. The van der Waals surface area contributed by atoms with Gasteiger partial charge in [-0.15, -0.1) is 6.42 Å². The Labute approximate surface area is 104 Å². The number of hydrogen-bond acceptors (Lipinski definition) is 1. The summed E-state index contributed by atoms with van der Waals surface area (Å²) in [6.07, 6.45) is 5.50. The molecule has 0 atom stereocenters. The van der Waals surface area contributed by atoms with Gasteiger partial charge in [-0.3, -0.25) is 0 Å². The lowest BCUT2D eigenvalue weighted by molar-refractivity contribution is 0.400. The first-order chi connectivity index (χ1) is 6.92. The molecule has 3 heteroatoms. The SMILES string of the molecule is C#CC(C)(C)c1cc(Cl)cc(Br)c1OC. The molecule has 1 aromatic carbocycles. The van der Waals surface area contributed by atoms with Crippen molar-refractivity contribution in [2.45, 2.75) is 19.3 Å². The number of terminal acetylenes is 1. The molecule has 0 aliphatic carbocycles. The fraction of sp³-hybridized carbons (Fsp3) is 0.333. The molecule has 0 radical (unpaired) electrons. The van der Waals surface area contributed by atoms with Gasteiger partial charge in [-0.1, -0.05) is 17.5 Å². The predicted molar refractivity (Wildman–Crippen MR) is 67.6 cm³/mol. The molecule has 0 heterocycles. The minimum Gasteiger partial charge on any atom is -0.495 e. The minimum atomic E-state index is -0.404. The van der Waals surface area contributed by atoms with E-state index in [0.29, 0.717) is 5.02 Å². The van der Waals surface area contributed by atoms with Gasteiger partial charge in [0, 0.05) is 10.6 Å². The Hall–Kier alpha value is -0.650. The zero-order valence-electron chi connectivity index (χ0n) is 8.90. The van der Waals surface area contributed by atoms with E-state index in [2.05, 4.69) is 21.9 Å². The highest BCUT2D eigenvalue weighted by atomic mass is 79.9. The van der Waals surface area contributed by atoms with E-state index < -0.39 is 5.41 Å². The summed E-state index contributed by atoms with van der Waals surface area (Å²) in [6, 6.07) is 3.63. The van der Waals surface area contributed by atoms with E-state index in [1.54, 1.807) is 13.2 Å². The number of rotatable bonds is 2. The summed E-state index contributed by atoms with van der Waals surface area (Å²) in [4.78, 5) is 0. The lowest BCUT2D eigenvalue weighted by atomic mass is 9.85. The highest BCUT2D eigenvalue weighted by molar-refractivity contribution is 9.10. The standard InChI is InChI=1S/C12H12BrClO/c1-5-12(2,3)9-6-8(14)7-10(13)11(9)15-4/h1,6-7H,2-4H3. The van der Waals surface area contributed by atoms with Crippen LogP contribution in [0.3, 0.4) is 0 Å². The van der Waals surface area contributed by atoms with Crippen LogP contribution in [0.2, 0.25) is 5.02 Å². The smallest absolute Gasteiger partial charge is 0.137 e. The fourth-order valence-corrected chi connectivity index (χ4v) is 2.28. The summed E-state index contributed by atoms with van der Waals surface area (Å²) < 4.78 is 6.13. The molecule has 0 aliphatic rings. The Kier molecular flexibility index (Phi) is 3.70. The van der Waals surface area contributed by atoms with Gasteiger partial charge in [0.15, 0.2) is 0 Å². The van der Waals surface area contributed by atoms with E-state index in [-0.39, 0.29) is 0 Å². The molecule has 0 saturated carbocycles. The summed E-state index contributed by atoms with van der Waals surface area (Å²) in [6.45, 7) is 3.90. The largest absolute Gasteiger partial charge is 0.495 e. The van der Waals surface area contributed by atoms with Crippen molar-refractivity contribution >= 4 is 27.5 Å². The van der Waals surface area contributed by atoms with Crippen LogP contribution in [0.4, 0.5) is 0 Å². The number of hydrogen-bond donors (Lipinski definition) is 0. The fourth-order valence-electron chi connectivity index (χ4n) is 1.31. The molecule has 15 heavy (non-hydrogen) atoms. The Morgan fingerprint density at radius 3 is 2.53 bits per heavy atom. The van der Waals surface area contributed by atoms with E-state index >= 15 is 0 Å². The van der Waals surface area contributed by atoms with Crippen LogP contribution in [0.15, 0.2) is 16.6 Å². The molecule has 0 fully saturated rings. The molecule has 1 aromatic rings. The van der Waals surface area contributed by atoms with E-state index in [0.717, 1.165) is 15.8 Å². The molecular formula is C12H12BrClO. The van der Waals surface area contributed by atoms with Gasteiger partial charge in [0.2, 0.25) is 0 Å². The van der Waals surface area contributed by atoms with Crippen LogP contribution in [0.25, 0.3) is 0 Å². The minimum absolute atomic E-state index is 0.404. The Morgan fingerprint density at radius 1 is 1.47 bits per heavy atom. The van der Waals surface area contributed by atoms with E-state index in [1.807, 2.05) is 19.9 Å². The van der Waals surface area contributed by atoms with Crippen molar-refractivity contribution in [2.24, 2.45) is 0 Å². The molecule has 80 valence electrons. The normalized spacial score (nSPS) is 10.9. The van der Waals surface area contributed by atoms with Gasteiger partial charge < -0.3 is 4.74 Å². The van der Waals surface area contributed by atoms with Gasteiger partial charge in [-0.25, -0.2) is 0 Å². The van der Waals surface area contributed by atoms with E-state index in [9.17, 15) is 0 Å². The van der Waals surface area contributed by atoms with E-state index in [1.165, 1.54) is 0 Å². The second-order valence-electron chi connectivity index (χ2n) is 3.74. The van der Waals surface area contributed by atoms with E-state index in [4.69, 9.17) is 22.8 Å². The van der Waals surface area contributed by atoms with Gasteiger partial charge in [-0.05, 0) is 41.9 Å². The van der Waals surface area contributed by atoms with Gasteiger partial charge in [0.1, 0.15) is 5.75 Å². The molecule has 1 rings (SSSR count). The monoisotopic (exact) mass is 286 g/mol. The molecule has 0 N–H and O–H groups in total. The summed E-state index contributed by atoms with van der Waals surface area (Å²) in [7, 11) is 1.62. The van der Waals surface area contributed by atoms with Gasteiger partial charge in [0.25, 0.3) is 0 Å². The van der Waals surface area contributed by atoms with Crippen molar-refractivity contribution in [3.8, 4) is 18.1 Å². The molecular weight excluding hydrogens is 275 g/mol. The van der Waals surface area contributed by atoms with Crippen molar-refractivity contribution in [1.82, 2.24) is 0 Å². The number of benzene rings is 1. The molecule has 0 spiro atoms. The van der Waals surface area contributed by atoms with Gasteiger partial charge in [-0.2, -0.15) is 0 Å². The molecule has 0 aromatic heterocycles. The molecule has 0 bridgehead atoms. The van der Waals surface area contributed by atoms with Crippen molar-refractivity contribution < 1.29 is 4.74 Å². The summed E-state index contributed by atoms with van der Waals surface area (Å²) in [5.41, 5.74) is 0.505. The Bertz CT molecular complexity index is 418. The highest BCUT2D eigenvalue weighted by Gasteiger charge is 2.24. The maximum atomic E-state index is 5.99. The quantitative estimate of drug-likeness (QED) is 0.747. The lowest BCUT2D eigenvalue weighted by Gasteiger charge is -2.22. The van der Waals surface area contributed by atoms with Crippen LogP contribution >= 0.6 is 27.5 Å². The summed E-state index contributed by atoms with van der Waals surface area (Å²) >= 11 is 9.39. The average Bonchev–Trinajstić information content (AvgIpc) is 2.16. The zero-order valence-corrected chi connectivity index (χ0v) is 11.2. The van der Waals surface area contributed by atoms with Crippen LogP contribution in [-0.4, -0.2) is 7.11 Å². The molecule has 0 amide bonds. The predicted octanol–water partition coefficient (Wildman–Crippen LogP) is 4.02. The maximum Gasteiger partial charge on any atom is 0.137 e. The van der Waals surface area contributed by atoms with Crippen molar-refractivity contribution in [3.63, 3.8) is 0 Å². The van der Waals surface area contributed by atoms with Crippen LogP contribution in [0, 0.1) is 12.3 Å². The van der Waals surface area contributed by atoms with Crippen LogP contribution < -0.4 is 4.74 Å². The molecule has 0 unspecified atom stereocenters. The third kappa shape index (κ3) is 2.48. The summed E-state index contributed by atoms with van der Waals surface area (Å²) in [5, 5.41) is 0.640. The third-order valence-electron chi connectivity index (χ3n) is 2.25. The van der Waals surface area contributed by atoms with Crippen LogP contribution in [-0.2, 0) is 5.41 Å². The number of ether oxygens (including phenoxy) is 1. The first-order valence-electron chi connectivity index (χ1n) is 4.43. The van der Waals surface area contributed by atoms with Gasteiger partial charge in [0.05, 0.1) is 17.0 Å². The Balaban J connectivity index is 3.47. The maximum absolute atomic E-state index is 5.99. The molecule has 0 aliphatic heterocycles. The van der Waals surface area contributed by atoms with Crippen LogP contribution in [0.1, 0.15) is 19.4 Å². The second kappa shape index (κ2) is 4.47. The molecule has 0 saturated heterocycles. The first-order valence-corrected chi connectivity index (χ1v) is 5.60. The van der Waals surface area contributed by atoms with Crippen molar-refractivity contribution in [1.29, 1.82) is 0 Å². The van der Waals surface area contributed by atoms with Crippen molar-refractivity contribution in [3.05, 3.63) is 27.2 Å². The van der Waals surface area contributed by atoms with Crippen molar-refractivity contribution in [2.75, 3.05) is 7.11 Å². The number of methoxy groups -OCH3 is 1.